The highest BCUT2D eigenvalue weighted by atomic mass is 16.6. The van der Waals surface area contributed by atoms with Gasteiger partial charge in [0.05, 0.1) is 12.0 Å². The topological polar surface area (TPSA) is 61.5 Å². The fraction of sp³-hybridized carbons (Fsp3) is 0.923. The lowest BCUT2D eigenvalue weighted by atomic mass is 9.72. The van der Waals surface area contributed by atoms with Crippen LogP contribution in [-0.4, -0.2) is 31.3 Å². The molecule has 0 heterocycles. The van der Waals surface area contributed by atoms with Gasteiger partial charge in [-0.05, 0) is 33.6 Å². The largest absolute Gasteiger partial charge is 0.460 e. The van der Waals surface area contributed by atoms with E-state index in [2.05, 4.69) is 0 Å². The van der Waals surface area contributed by atoms with Crippen molar-refractivity contribution in [2.75, 3.05) is 13.2 Å². The minimum Gasteiger partial charge on any atom is -0.460 e. The van der Waals surface area contributed by atoms with Crippen LogP contribution in [0.1, 0.15) is 46.5 Å². The normalized spacial score (nSPS) is 30.9. The summed E-state index contributed by atoms with van der Waals surface area (Å²) in [5.74, 6) is -0.170. The molecule has 4 nitrogen and oxygen atoms in total. The summed E-state index contributed by atoms with van der Waals surface area (Å²) in [6, 6.07) is -0.0805. The summed E-state index contributed by atoms with van der Waals surface area (Å²) >= 11 is 0. The standard InChI is InChI=1S/C13H25NO3/c1-4-16-9-10(2)17-12(15)13(3)8-6-5-7-11(13)14/h10-11H,4-9,14H2,1-3H3. The summed E-state index contributed by atoms with van der Waals surface area (Å²) in [4.78, 5) is 12.1. The van der Waals surface area contributed by atoms with Crippen molar-refractivity contribution in [3.05, 3.63) is 0 Å². The molecule has 0 aromatic rings. The van der Waals surface area contributed by atoms with Gasteiger partial charge >= 0.3 is 5.97 Å². The molecule has 1 fully saturated rings. The van der Waals surface area contributed by atoms with Gasteiger partial charge in [0.2, 0.25) is 0 Å². The molecule has 2 N–H and O–H groups in total. The lowest BCUT2D eigenvalue weighted by molar-refractivity contribution is -0.165. The minimum absolute atomic E-state index is 0.0805. The molecule has 0 radical (unpaired) electrons. The smallest absolute Gasteiger partial charge is 0.313 e. The molecule has 0 bridgehead atoms. The van der Waals surface area contributed by atoms with E-state index in [-0.39, 0.29) is 18.1 Å². The van der Waals surface area contributed by atoms with Crippen molar-refractivity contribution in [1.82, 2.24) is 0 Å². The molecule has 0 spiro atoms. The van der Waals surface area contributed by atoms with E-state index in [1.165, 1.54) is 0 Å². The van der Waals surface area contributed by atoms with E-state index in [0.29, 0.717) is 13.2 Å². The van der Waals surface area contributed by atoms with Gasteiger partial charge in [-0.3, -0.25) is 4.79 Å². The van der Waals surface area contributed by atoms with Crippen molar-refractivity contribution in [2.45, 2.75) is 58.6 Å². The van der Waals surface area contributed by atoms with Gasteiger partial charge in [0.15, 0.2) is 0 Å². The number of esters is 1. The fourth-order valence-electron chi connectivity index (χ4n) is 2.25. The van der Waals surface area contributed by atoms with Crippen LogP contribution in [0.25, 0.3) is 0 Å². The lowest BCUT2D eigenvalue weighted by Gasteiger charge is -2.37. The number of hydrogen-bond acceptors (Lipinski definition) is 4. The predicted molar refractivity (Wildman–Crippen MR) is 66.6 cm³/mol. The number of carbonyl (C=O) groups excluding carboxylic acids is 1. The van der Waals surface area contributed by atoms with Gasteiger partial charge in [-0.1, -0.05) is 12.8 Å². The molecule has 17 heavy (non-hydrogen) atoms. The summed E-state index contributed by atoms with van der Waals surface area (Å²) in [6.45, 7) is 6.79. The summed E-state index contributed by atoms with van der Waals surface area (Å²) in [5, 5.41) is 0. The van der Waals surface area contributed by atoms with Crippen LogP contribution in [0.2, 0.25) is 0 Å². The van der Waals surface area contributed by atoms with Gasteiger partial charge in [-0.15, -0.1) is 0 Å². The van der Waals surface area contributed by atoms with Crippen LogP contribution in [0.4, 0.5) is 0 Å². The van der Waals surface area contributed by atoms with E-state index in [0.717, 1.165) is 25.7 Å². The van der Waals surface area contributed by atoms with Crippen LogP contribution in [0.15, 0.2) is 0 Å². The molecule has 0 aliphatic heterocycles. The van der Waals surface area contributed by atoms with Crippen molar-refractivity contribution < 1.29 is 14.3 Å². The molecule has 1 rings (SSSR count). The summed E-state index contributed by atoms with van der Waals surface area (Å²) in [5.41, 5.74) is 5.54. The van der Waals surface area contributed by atoms with Gasteiger partial charge < -0.3 is 15.2 Å². The Labute approximate surface area is 104 Å². The van der Waals surface area contributed by atoms with E-state index in [4.69, 9.17) is 15.2 Å². The lowest BCUT2D eigenvalue weighted by Crippen LogP contribution is -2.49. The zero-order valence-electron chi connectivity index (χ0n) is 11.2. The number of ether oxygens (including phenoxy) is 2. The molecule has 1 saturated carbocycles. The summed E-state index contributed by atoms with van der Waals surface area (Å²) < 4.78 is 10.7. The second-order valence-corrected chi connectivity index (χ2v) is 5.15. The molecule has 0 aromatic heterocycles. The highest BCUT2D eigenvalue weighted by Crippen LogP contribution is 2.36. The molecule has 100 valence electrons. The number of nitrogens with two attached hydrogens (primary N) is 1. The Hall–Kier alpha value is -0.610. The first-order chi connectivity index (χ1) is 8.00. The summed E-state index contributed by atoms with van der Waals surface area (Å²) in [7, 11) is 0. The first kappa shape index (κ1) is 14.5. The second-order valence-electron chi connectivity index (χ2n) is 5.15. The first-order valence-electron chi connectivity index (χ1n) is 6.55. The Bertz CT molecular complexity index is 257. The van der Waals surface area contributed by atoms with Crippen molar-refractivity contribution in [1.29, 1.82) is 0 Å². The Kier molecular flexibility index (Phi) is 5.40. The monoisotopic (exact) mass is 243 g/mol. The molecule has 1 aliphatic carbocycles. The number of carbonyl (C=O) groups is 1. The molecular weight excluding hydrogens is 218 g/mol. The minimum atomic E-state index is -0.515. The van der Waals surface area contributed by atoms with E-state index in [9.17, 15) is 4.79 Å². The van der Waals surface area contributed by atoms with Gasteiger partial charge in [0, 0.05) is 12.6 Å². The van der Waals surface area contributed by atoms with Crippen LogP contribution in [0, 0.1) is 5.41 Å². The van der Waals surface area contributed by atoms with Crippen molar-refractivity contribution in [2.24, 2.45) is 11.1 Å². The Morgan fingerprint density at radius 1 is 1.53 bits per heavy atom. The third-order valence-electron chi connectivity index (χ3n) is 3.61. The van der Waals surface area contributed by atoms with Crippen LogP contribution in [-0.2, 0) is 14.3 Å². The zero-order valence-corrected chi connectivity index (χ0v) is 11.2. The molecule has 4 heteroatoms. The Morgan fingerprint density at radius 3 is 2.82 bits per heavy atom. The van der Waals surface area contributed by atoms with Gasteiger partial charge in [0.1, 0.15) is 6.10 Å². The van der Waals surface area contributed by atoms with Crippen molar-refractivity contribution in [3.8, 4) is 0 Å². The van der Waals surface area contributed by atoms with Crippen molar-refractivity contribution >= 4 is 5.97 Å². The molecule has 1 aliphatic rings. The van der Waals surface area contributed by atoms with Crippen LogP contribution < -0.4 is 5.73 Å². The third-order valence-corrected chi connectivity index (χ3v) is 3.61. The molecule has 0 amide bonds. The number of hydrogen-bond donors (Lipinski definition) is 1. The van der Waals surface area contributed by atoms with E-state index >= 15 is 0 Å². The molecule has 3 atom stereocenters. The maximum Gasteiger partial charge on any atom is 0.313 e. The fourth-order valence-corrected chi connectivity index (χ4v) is 2.25. The quantitative estimate of drug-likeness (QED) is 0.749. The second kappa shape index (κ2) is 6.36. The highest BCUT2D eigenvalue weighted by molar-refractivity contribution is 5.77. The predicted octanol–water partition coefficient (Wildman–Crippen LogP) is 1.86. The average molecular weight is 243 g/mol. The maximum absolute atomic E-state index is 12.1. The SMILES string of the molecule is CCOCC(C)OC(=O)C1(C)CCCCC1N. The molecule has 0 aromatic carbocycles. The molecule has 3 unspecified atom stereocenters. The van der Waals surface area contributed by atoms with Crippen molar-refractivity contribution in [3.63, 3.8) is 0 Å². The first-order valence-corrected chi connectivity index (χ1v) is 6.55. The third kappa shape index (κ3) is 3.68. The maximum atomic E-state index is 12.1. The van der Waals surface area contributed by atoms with E-state index < -0.39 is 5.41 Å². The summed E-state index contributed by atoms with van der Waals surface area (Å²) in [6.07, 6.45) is 3.70. The van der Waals surface area contributed by atoms with Crippen LogP contribution in [0.3, 0.4) is 0 Å². The Morgan fingerprint density at radius 2 is 2.24 bits per heavy atom. The molecular formula is C13H25NO3. The zero-order chi connectivity index (χ0) is 12.9. The molecule has 0 saturated heterocycles. The van der Waals surface area contributed by atoms with Crippen LogP contribution in [0.5, 0.6) is 0 Å². The van der Waals surface area contributed by atoms with Gasteiger partial charge in [-0.2, -0.15) is 0 Å². The number of rotatable bonds is 5. The van der Waals surface area contributed by atoms with E-state index in [1.807, 2.05) is 20.8 Å². The van der Waals surface area contributed by atoms with E-state index in [1.54, 1.807) is 0 Å². The average Bonchev–Trinajstić information content (AvgIpc) is 2.30. The van der Waals surface area contributed by atoms with Crippen LogP contribution >= 0.6 is 0 Å². The highest BCUT2D eigenvalue weighted by Gasteiger charge is 2.42. The van der Waals surface area contributed by atoms with Gasteiger partial charge in [-0.25, -0.2) is 0 Å². The van der Waals surface area contributed by atoms with Gasteiger partial charge in [0.25, 0.3) is 0 Å². The Balaban J connectivity index is 2.50.